The van der Waals surface area contributed by atoms with Gasteiger partial charge >= 0.3 is 23.9 Å². The number of aliphatic carboxylic acids is 1. The molecule has 20 nitrogen and oxygen atoms in total. The largest absolute Gasteiger partial charge is 0.481 e. The summed E-state index contributed by atoms with van der Waals surface area (Å²) >= 11 is 0. The number of allylic oxidation sites excluding steroid dienone is 6. The number of rotatable bonds is 12. The average Bonchev–Trinajstić information content (AvgIpc) is 3.30. The first-order valence-corrected chi connectivity index (χ1v) is 26.2. The predicted octanol–water partition coefficient (Wildman–Crippen LogP) is 3.12. The summed E-state index contributed by atoms with van der Waals surface area (Å²) in [7, 11) is 0. The van der Waals surface area contributed by atoms with Crippen LogP contribution in [0.25, 0.3) is 0 Å². The van der Waals surface area contributed by atoms with Gasteiger partial charge in [-0.3, -0.25) is 9.59 Å². The molecular weight excluding hydrogens is 965 g/mol. The fourth-order valence-electron chi connectivity index (χ4n) is 9.24. The number of aliphatic hydroxyl groups excluding tert-OH is 9. The summed E-state index contributed by atoms with van der Waals surface area (Å²) < 4.78 is 17.3. The van der Waals surface area contributed by atoms with Crippen LogP contribution in [0, 0.1) is 29.6 Å². The lowest BCUT2D eigenvalue weighted by atomic mass is 9.84. The molecule has 2 amide bonds. The SMILES string of the molecule is C/C1=C/C=C/C(C)C(C(C)CCC/C=C/CCCNC(N)=O)OC(=O)/C=C/C=C/C(C)C(O)CC(O)C(C)C(O)CCC(C)C(O)CC2(O)OC(CC(OC(=O)CC(=O)O)CC(O)CC(O)CC1O)CC(O)C2O. The Hall–Kier alpha value is -4.06. The van der Waals surface area contributed by atoms with Crippen molar-refractivity contribution in [1.82, 2.24) is 5.32 Å². The Morgan fingerprint density at radius 3 is 2.11 bits per heavy atom. The highest BCUT2D eigenvalue weighted by atomic mass is 16.7. The van der Waals surface area contributed by atoms with E-state index in [0.29, 0.717) is 12.1 Å². The second-order valence-corrected chi connectivity index (χ2v) is 20.9. The lowest BCUT2D eigenvalue weighted by Gasteiger charge is -2.45. The van der Waals surface area contributed by atoms with Crippen LogP contribution >= 0.6 is 0 Å². The van der Waals surface area contributed by atoms with Crippen molar-refractivity contribution in [2.75, 3.05) is 6.54 Å². The van der Waals surface area contributed by atoms with E-state index in [1.165, 1.54) is 12.2 Å². The van der Waals surface area contributed by atoms with Gasteiger partial charge in [0.15, 0.2) is 5.79 Å². The number of esters is 2. The van der Waals surface area contributed by atoms with Gasteiger partial charge in [-0.15, -0.1) is 0 Å². The molecule has 2 heterocycles. The van der Waals surface area contributed by atoms with Crippen LogP contribution in [-0.2, 0) is 28.6 Å². The molecule has 18 unspecified atom stereocenters. The number of aliphatic hydroxyl groups is 10. The summed E-state index contributed by atoms with van der Waals surface area (Å²) in [5.41, 5.74) is 5.58. The highest BCUT2D eigenvalue weighted by Crippen LogP contribution is 2.36. The maximum atomic E-state index is 13.2. The number of ether oxygens (including phenoxy) is 3. The minimum atomic E-state index is -2.53. The van der Waals surface area contributed by atoms with Gasteiger partial charge in [-0.2, -0.15) is 0 Å². The molecule has 424 valence electrons. The lowest BCUT2D eigenvalue weighted by Crippen LogP contribution is -2.60. The maximum absolute atomic E-state index is 13.2. The molecule has 14 N–H and O–H groups in total. The van der Waals surface area contributed by atoms with Crippen molar-refractivity contribution in [2.24, 2.45) is 35.3 Å². The molecule has 0 aromatic heterocycles. The number of unbranched alkanes of at least 4 members (excludes halogenated alkanes) is 2. The van der Waals surface area contributed by atoms with Crippen molar-refractivity contribution in [3.05, 3.63) is 60.3 Å². The number of cyclic esters (lactones) is 1. The van der Waals surface area contributed by atoms with Crippen molar-refractivity contribution < 1.29 is 89.6 Å². The molecule has 1 fully saturated rings. The molecule has 0 radical (unpaired) electrons. The summed E-state index contributed by atoms with van der Waals surface area (Å²) in [6, 6.07) is -0.563. The number of carboxylic acid groups (broad SMARTS) is 1. The Labute approximate surface area is 436 Å². The number of hydrogen-bond acceptors (Lipinski definition) is 17. The van der Waals surface area contributed by atoms with Crippen LogP contribution in [0.3, 0.4) is 0 Å². The second-order valence-electron chi connectivity index (χ2n) is 20.9. The Morgan fingerprint density at radius 1 is 0.797 bits per heavy atom. The van der Waals surface area contributed by atoms with Gasteiger partial charge in [0.25, 0.3) is 0 Å². The van der Waals surface area contributed by atoms with Gasteiger partial charge in [-0.05, 0) is 75.7 Å². The first kappa shape index (κ1) is 66.1. The Morgan fingerprint density at radius 2 is 1.45 bits per heavy atom. The number of carbonyl (C=O) groups is 4. The third-order valence-corrected chi connectivity index (χ3v) is 14.2. The number of amides is 2. The first-order valence-electron chi connectivity index (χ1n) is 26.2. The maximum Gasteiger partial charge on any atom is 0.331 e. The number of carboxylic acids is 1. The zero-order chi connectivity index (χ0) is 55.7. The van der Waals surface area contributed by atoms with E-state index in [4.69, 9.17) is 19.9 Å². The van der Waals surface area contributed by atoms with Crippen LogP contribution in [0.1, 0.15) is 138 Å². The van der Waals surface area contributed by atoms with Gasteiger partial charge in [-0.25, -0.2) is 9.59 Å². The Balaban J connectivity index is 2.41. The van der Waals surface area contributed by atoms with Crippen molar-refractivity contribution in [3.8, 4) is 0 Å². The molecule has 18 atom stereocenters. The molecule has 0 aliphatic carbocycles. The molecule has 74 heavy (non-hydrogen) atoms. The van der Waals surface area contributed by atoms with Crippen molar-refractivity contribution in [1.29, 1.82) is 0 Å². The molecule has 20 heteroatoms. The number of nitrogens with one attached hydrogen (secondary N) is 1. The van der Waals surface area contributed by atoms with Crippen molar-refractivity contribution in [3.63, 3.8) is 0 Å². The highest BCUT2D eigenvalue weighted by molar-refractivity contribution is 5.90. The Kier molecular flexibility index (Phi) is 30.2. The van der Waals surface area contributed by atoms with E-state index in [1.807, 2.05) is 26.0 Å². The van der Waals surface area contributed by atoms with E-state index in [-0.39, 0.29) is 63.2 Å². The van der Waals surface area contributed by atoms with Gasteiger partial charge in [0.2, 0.25) is 0 Å². The van der Waals surface area contributed by atoms with Crippen LogP contribution in [0.2, 0.25) is 0 Å². The molecule has 0 spiro atoms. The van der Waals surface area contributed by atoms with Gasteiger partial charge < -0.3 is 81.4 Å². The zero-order valence-corrected chi connectivity index (χ0v) is 44.2. The zero-order valence-electron chi connectivity index (χ0n) is 44.2. The number of nitrogens with two attached hydrogens (primary N) is 1. The third kappa shape index (κ3) is 25.2. The van der Waals surface area contributed by atoms with Gasteiger partial charge in [0.05, 0.1) is 54.9 Å². The summed E-state index contributed by atoms with van der Waals surface area (Å²) in [5.74, 6) is -7.93. The molecule has 2 aliphatic rings. The van der Waals surface area contributed by atoms with Crippen LogP contribution in [0.15, 0.2) is 60.3 Å². The Bertz CT molecular complexity index is 1840. The van der Waals surface area contributed by atoms with Gasteiger partial charge in [0, 0.05) is 68.9 Å². The van der Waals surface area contributed by atoms with Crippen molar-refractivity contribution in [2.45, 2.75) is 217 Å². The van der Waals surface area contributed by atoms with E-state index in [9.17, 15) is 75.3 Å². The van der Waals surface area contributed by atoms with Gasteiger partial charge in [0.1, 0.15) is 24.7 Å². The fraction of sp³-hybridized carbons (Fsp3) is 0.741. The third-order valence-electron chi connectivity index (χ3n) is 14.2. The lowest BCUT2D eigenvalue weighted by molar-refractivity contribution is -0.333. The highest BCUT2D eigenvalue weighted by Gasteiger charge is 2.50. The summed E-state index contributed by atoms with van der Waals surface area (Å²) in [6.45, 7) is 11.0. The quantitative estimate of drug-likeness (QED) is 0.0578. The number of hydrogen-bond donors (Lipinski definition) is 13. The summed E-state index contributed by atoms with van der Waals surface area (Å²) in [6.07, 6.45) is 1.45. The smallest absolute Gasteiger partial charge is 0.331 e. The van der Waals surface area contributed by atoms with E-state index in [2.05, 4.69) is 11.4 Å². The second kappa shape index (κ2) is 33.9. The van der Waals surface area contributed by atoms with Crippen LogP contribution in [-0.4, -0.2) is 166 Å². The molecule has 0 aromatic rings. The summed E-state index contributed by atoms with van der Waals surface area (Å²) in [5, 5.41) is 122. The molecule has 1 saturated heterocycles. The molecule has 2 aliphatic heterocycles. The number of urea groups is 1. The molecular formula is C54H90N2O18. The molecule has 0 saturated carbocycles. The fourth-order valence-corrected chi connectivity index (χ4v) is 9.24. The predicted molar refractivity (Wildman–Crippen MR) is 274 cm³/mol. The average molecular weight is 1060 g/mol. The van der Waals surface area contributed by atoms with Crippen LogP contribution < -0.4 is 11.1 Å². The minimum absolute atomic E-state index is 0.0805. The topological polar surface area (TPSA) is 357 Å². The van der Waals surface area contributed by atoms with Gasteiger partial charge in [-0.1, -0.05) is 83.2 Å². The molecule has 0 aromatic carbocycles. The normalized spacial score (nSPS) is 37.9. The standard InChI is InChI=1S/C54H90N2O18/c1-32-16-12-13-20-49(67)73-51(35(4)17-11-9-7-8-10-14-23-56-53(55)70)36(5)19-15-18-33(2)43(60)26-39(58)24-38(57)25-40(72-50(68)30-48(65)66)27-41-28-46(63)52(69)54(71,74-41)31-47(64)34(3)21-22-42(59)37(6)45(62)29-44(32)61/h7-8,12-13,15-16,18-20,32,34-47,51-52,57-64,69,71H,9-11,14,17,21-31H2,1-6H3,(H,65,66)(H3,55,56,70)/b8-7+,16-12+,19-15+,20-13+,33-18-. The van der Waals surface area contributed by atoms with E-state index >= 15 is 0 Å². The number of primary amides is 1. The molecule has 2 bridgehead atoms. The molecule has 2 rings (SSSR count). The van der Waals surface area contributed by atoms with E-state index < -0.39 is 134 Å². The van der Waals surface area contributed by atoms with Crippen molar-refractivity contribution >= 4 is 23.9 Å². The monoisotopic (exact) mass is 1050 g/mol. The summed E-state index contributed by atoms with van der Waals surface area (Å²) in [4.78, 5) is 48.0. The number of carbonyl (C=O) groups excluding carboxylic acids is 3. The first-order chi connectivity index (χ1) is 34.7. The van der Waals surface area contributed by atoms with E-state index in [1.54, 1.807) is 52.0 Å². The van der Waals surface area contributed by atoms with Crippen LogP contribution in [0.4, 0.5) is 4.79 Å². The number of fused-ring (bicyclic) bond motifs is 2. The minimum Gasteiger partial charge on any atom is -0.481 e. The van der Waals surface area contributed by atoms with E-state index in [0.717, 1.165) is 32.1 Å². The van der Waals surface area contributed by atoms with Crippen LogP contribution in [0.5, 0.6) is 0 Å².